The minimum absolute atomic E-state index is 0.0768. The fourth-order valence-electron chi connectivity index (χ4n) is 8.71. The second-order valence-electron chi connectivity index (χ2n) is 13.4. The summed E-state index contributed by atoms with van der Waals surface area (Å²) in [6.07, 6.45) is 2.22. The number of rotatable bonds is 5. The number of halogens is 3. The molecule has 4 aromatic carbocycles. The summed E-state index contributed by atoms with van der Waals surface area (Å²) in [5, 5.41) is 13.2. The molecule has 2 saturated heterocycles. The molecule has 3 fully saturated rings. The van der Waals surface area contributed by atoms with Crippen molar-refractivity contribution in [2.75, 3.05) is 10.3 Å². The molecule has 2 aliphatic heterocycles. The van der Waals surface area contributed by atoms with Crippen LogP contribution < -0.4 is 10.3 Å². The number of nitrogens with one attached hydrogen (secondary N) is 1. The van der Waals surface area contributed by atoms with Gasteiger partial charge in [-0.25, -0.2) is 9.29 Å². The zero-order valence-electron chi connectivity index (χ0n) is 26.6. The number of hydrazine groups is 1. The number of amides is 4. The van der Waals surface area contributed by atoms with Crippen LogP contribution in [0.15, 0.2) is 103 Å². The van der Waals surface area contributed by atoms with Gasteiger partial charge in [0.1, 0.15) is 11.6 Å². The Balaban J connectivity index is 1.32. The van der Waals surface area contributed by atoms with E-state index in [0.29, 0.717) is 38.1 Å². The summed E-state index contributed by atoms with van der Waals surface area (Å²) in [5.74, 6) is -6.49. The Hall–Kier alpha value is -4.99. The van der Waals surface area contributed by atoms with Gasteiger partial charge in [0.2, 0.25) is 11.8 Å². The maximum atomic E-state index is 15.1. The van der Waals surface area contributed by atoms with Crippen molar-refractivity contribution in [3.05, 3.63) is 135 Å². The Morgan fingerprint density at radius 2 is 1.58 bits per heavy atom. The van der Waals surface area contributed by atoms with E-state index in [0.717, 1.165) is 10.6 Å². The molecule has 50 heavy (non-hydrogen) atoms. The third-order valence-electron chi connectivity index (χ3n) is 10.9. The maximum absolute atomic E-state index is 15.1. The largest absolute Gasteiger partial charge is 0.508 e. The van der Waals surface area contributed by atoms with Gasteiger partial charge in [-0.1, -0.05) is 71.2 Å². The minimum atomic E-state index is -1.58. The molecule has 4 aliphatic rings. The summed E-state index contributed by atoms with van der Waals surface area (Å²) in [7, 11) is 0. The van der Waals surface area contributed by atoms with Gasteiger partial charge in [-0.05, 0) is 91.4 Å². The van der Waals surface area contributed by atoms with Gasteiger partial charge in [0, 0.05) is 21.5 Å². The molecule has 4 amide bonds. The van der Waals surface area contributed by atoms with Crippen molar-refractivity contribution in [3.8, 4) is 5.75 Å². The molecule has 2 N–H and O–H groups in total. The van der Waals surface area contributed by atoms with Crippen LogP contribution in [0.1, 0.15) is 35.4 Å². The van der Waals surface area contributed by atoms with E-state index in [1.54, 1.807) is 60.7 Å². The van der Waals surface area contributed by atoms with Gasteiger partial charge in [0.25, 0.3) is 11.8 Å². The first-order valence-electron chi connectivity index (χ1n) is 16.3. The molecule has 8 nitrogen and oxygen atoms in total. The van der Waals surface area contributed by atoms with Crippen molar-refractivity contribution in [3.63, 3.8) is 0 Å². The Kier molecular flexibility index (Phi) is 7.62. The number of nitrogens with zero attached hydrogens (tertiary/aromatic N) is 2. The molecule has 11 heteroatoms. The van der Waals surface area contributed by atoms with Crippen LogP contribution in [0.4, 0.5) is 15.8 Å². The van der Waals surface area contributed by atoms with Crippen LogP contribution >= 0.6 is 23.2 Å². The highest BCUT2D eigenvalue weighted by Crippen LogP contribution is 2.65. The Labute approximate surface area is 297 Å². The van der Waals surface area contributed by atoms with Crippen LogP contribution in [0, 0.1) is 36.4 Å². The van der Waals surface area contributed by atoms with Crippen molar-refractivity contribution in [1.29, 1.82) is 0 Å². The predicted octanol–water partition coefficient (Wildman–Crippen LogP) is 7.34. The molecular weight excluding hydrogens is 680 g/mol. The molecule has 0 radical (unpaired) electrons. The number of benzene rings is 4. The van der Waals surface area contributed by atoms with Gasteiger partial charge in [-0.2, -0.15) is 5.01 Å². The topological polar surface area (TPSA) is 107 Å². The number of phenols is 1. The van der Waals surface area contributed by atoms with E-state index in [-0.39, 0.29) is 24.5 Å². The van der Waals surface area contributed by atoms with Crippen LogP contribution in [0.2, 0.25) is 10.0 Å². The average molecular weight is 711 g/mol. The molecule has 8 rings (SSSR count). The van der Waals surface area contributed by atoms with E-state index in [1.807, 2.05) is 13.0 Å². The standard InChI is InChI=1S/C39H30Cl2FN3O5/c1-20-6-15-25(18-31(20)41)44-35(47)28-17-16-26-29(33(28)37(44)49)19-30-36(48)45(43-24-13-11-23(42)12-14-24)38(50)39(30,21-7-9-22(40)10-8-21)34(26)27-4-2-3-5-32(27)46/h2-16,18,28-30,33-34,43,46H,17,19H2,1H3/t28-,29+,30-,33-,34+,39+/m0/s1. The Bertz CT molecular complexity index is 2140. The lowest BCUT2D eigenvalue weighted by molar-refractivity contribution is -0.138. The van der Waals surface area contributed by atoms with Gasteiger partial charge in [0.05, 0.1) is 34.5 Å². The normalized spacial score (nSPS) is 27.2. The van der Waals surface area contributed by atoms with E-state index < -0.39 is 58.5 Å². The second kappa shape index (κ2) is 11.8. The number of anilines is 2. The fourth-order valence-corrected chi connectivity index (χ4v) is 9.01. The van der Waals surface area contributed by atoms with Gasteiger partial charge in [-0.3, -0.25) is 24.6 Å². The zero-order valence-corrected chi connectivity index (χ0v) is 28.2. The van der Waals surface area contributed by atoms with Crippen molar-refractivity contribution in [2.45, 2.75) is 31.1 Å². The highest BCUT2D eigenvalue weighted by molar-refractivity contribution is 6.32. The van der Waals surface area contributed by atoms with Crippen LogP contribution in [0.3, 0.4) is 0 Å². The summed E-state index contributed by atoms with van der Waals surface area (Å²) in [6.45, 7) is 1.83. The number of hydrogen-bond acceptors (Lipinski definition) is 6. The van der Waals surface area contributed by atoms with Crippen LogP contribution in [-0.4, -0.2) is 33.7 Å². The number of hydrogen-bond donors (Lipinski definition) is 2. The first-order chi connectivity index (χ1) is 24.0. The number of para-hydroxylation sites is 1. The Morgan fingerprint density at radius 3 is 2.28 bits per heavy atom. The minimum Gasteiger partial charge on any atom is -0.508 e. The molecule has 6 atom stereocenters. The molecule has 252 valence electrons. The molecule has 2 aliphatic carbocycles. The summed E-state index contributed by atoms with van der Waals surface area (Å²) < 4.78 is 13.8. The zero-order chi connectivity index (χ0) is 35.1. The number of allylic oxidation sites excluding steroid dienone is 2. The van der Waals surface area contributed by atoms with Crippen LogP contribution in [0.5, 0.6) is 5.75 Å². The predicted molar refractivity (Wildman–Crippen MR) is 186 cm³/mol. The fraction of sp³-hybridized carbons (Fsp3) is 0.231. The summed E-state index contributed by atoms with van der Waals surface area (Å²) in [6, 6.07) is 23.7. The lowest BCUT2D eigenvalue weighted by Crippen LogP contribution is -2.53. The highest BCUT2D eigenvalue weighted by atomic mass is 35.5. The van der Waals surface area contributed by atoms with E-state index in [1.165, 1.54) is 35.2 Å². The van der Waals surface area contributed by atoms with Crippen molar-refractivity contribution >= 4 is 58.2 Å². The third-order valence-corrected chi connectivity index (χ3v) is 11.6. The van der Waals surface area contributed by atoms with Gasteiger partial charge < -0.3 is 5.11 Å². The molecule has 0 aromatic heterocycles. The first-order valence-corrected chi connectivity index (χ1v) is 17.1. The molecule has 4 aromatic rings. The molecule has 1 saturated carbocycles. The smallest absolute Gasteiger partial charge is 0.260 e. The highest BCUT2D eigenvalue weighted by Gasteiger charge is 2.70. The molecule has 2 heterocycles. The van der Waals surface area contributed by atoms with E-state index in [9.17, 15) is 23.9 Å². The number of imide groups is 2. The number of fused-ring (bicyclic) bond motifs is 4. The maximum Gasteiger partial charge on any atom is 0.260 e. The van der Waals surface area contributed by atoms with E-state index in [2.05, 4.69) is 5.43 Å². The van der Waals surface area contributed by atoms with Gasteiger partial charge >= 0.3 is 0 Å². The molecule has 0 bridgehead atoms. The van der Waals surface area contributed by atoms with E-state index >= 15 is 4.79 Å². The van der Waals surface area contributed by atoms with Crippen LogP contribution in [0.25, 0.3) is 0 Å². The molecule has 0 spiro atoms. The number of phenolic OH excluding ortho intramolecular Hbond substituents is 1. The molecule has 0 unspecified atom stereocenters. The van der Waals surface area contributed by atoms with Gasteiger partial charge in [-0.15, -0.1) is 0 Å². The quantitative estimate of drug-likeness (QED) is 0.166. The van der Waals surface area contributed by atoms with Crippen molar-refractivity contribution < 1.29 is 28.7 Å². The van der Waals surface area contributed by atoms with Gasteiger partial charge in [0.15, 0.2) is 0 Å². The summed E-state index contributed by atoms with van der Waals surface area (Å²) in [4.78, 5) is 59.4. The summed E-state index contributed by atoms with van der Waals surface area (Å²) >= 11 is 12.7. The Morgan fingerprint density at radius 1 is 0.860 bits per heavy atom. The summed E-state index contributed by atoms with van der Waals surface area (Å²) in [5.41, 5.74) is 4.44. The number of aromatic hydroxyl groups is 1. The lowest BCUT2D eigenvalue weighted by Gasteiger charge is -2.50. The third kappa shape index (κ3) is 4.63. The number of carbonyl (C=O) groups excluding carboxylic acids is 4. The number of aryl methyl sites for hydroxylation is 1. The average Bonchev–Trinajstić information content (AvgIpc) is 3.48. The number of carbonyl (C=O) groups is 4. The second-order valence-corrected chi connectivity index (χ2v) is 14.2. The van der Waals surface area contributed by atoms with E-state index in [4.69, 9.17) is 23.2 Å². The SMILES string of the molecule is Cc1ccc(N2C(=O)[C@H]3[C@H](CC=C4[C@H]3C[C@H]3C(=O)N(Nc5ccc(F)cc5)C(=O)[C@@]3(c3ccc(Cl)cc3)[C@H]4c3ccccc3O)C2=O)cc1Cl. The van der Waals surface area contributed by atoms with Crippen molar-refractivity contribution in [1.82, 2.24) is 5.01 Å². The monoisotopic (exact) mass is 709 g/mol. The first kappa shape index (κ1) is 32.2. The van der Waals surface area contributed by atoms with Crippen LogP contribution in [-0.2, 0) is 24.6 Å². The molecular formula is C39H30Cl2FN3O5. The lowest BCUT2D eigenvalue weighted by atomic mass is 9.49. The van der Waals surface area contributed by atoms with Crippen molar-refractivity contribution in [2.24, 2.45) is 23.7 Å².